The second kappa shape index (κ2) is 8.16. The number of nitrogens with zero attached hydrogens (tertiary/aromatic N) is 4. The number of hydrogen-bond donors (Lipinski definition) is 1. The molecule has 1 fully saturated rings. The van der Waals surface area contributed by atoms with Crippen molar-refractivity contribution in [2.75, 3.05) is 25.5 Å². The van der Waals surface area contributed by atoms with E-state index in [4.69, 9.17) is 4.74 Å². The van der Waals surface area contributed by atoms with E-state index in [9.17, 15) is 9.18 Å². The molecule has 1 saturated heterocycles. The van der Waals surface area contributed by atoms with E-state index in [1.165, 1.54) is 6.07 Å². The van der Waals surface area contributed by atoms with Gasteiger partial charge in [-0.1, -0.05) is 6.92 Å². The zero-order valence-corrected chi connectivity index (χ0v) is 16.6. The maximum absolute atomic E-state index is 15.0. The standard InChI is InChI=1S/C21H24FN5O2/c1-3-14-10-16(22)19(18(11-14)29-13-28)20-17-7-5-9-27(17)21(25-24-20)23-15-6-4-8-26(2)12-15/h5,7,9-11,13,15H,3-4,6,8,12H2,1-2H3,(H,23,25)/t15-/m1/s1. The first-order chi connectivity index (χ1) is 14.1. The third-order valence-corrected chi connectivity index (χ3v) is 5.36. The summed E-state index contributed by atoms with van der Waals surface area (Å²) in [7, 11) is 2.10. The molecule has 1 aliphatic heterocycles. The van der Waals surface area contributed by atoms with Crippen LogP contribution in [0.5, 0.6) is 5.75 Å². The molecule has 0 aliphatic carbocycles. The number of hydrogen-bond acceptors (Lipinski definition) is 6. The van der Waals surface area contributed by atoms with Gasteiger partial charge in [0.15, 0.2) is 0 Å². The van der Waals surface area contributed by atoms with Crippen molar-refractivity contribution in [1.29, 1.82) is 0 Å². The Morgan fingerprint density at radius 3 is 3.00 bits per heavy atom. The van der Waals surface area contributed by atoms with E-state index in [0.29, 0.717) is 30.1 Å². The normalized spacial score (nSPS) is 17.4. The number of rotatable bonds is 6. The number of carbonyl (C=O) groups excluding carboxylic acids is 1. The molecule has 7 nitrogen and oxygen atoms in total. The number of ether oxygens (including phenoxy) is 1. The molecule has 3 aromatic rings. The van der Waals surface area contributed by atoms with Gasteiger partial charge in [-0.25, -0.2) is 4.39 Å². The summed E-state index contributed by atoms with van der Waals surface area (Å²) in [6.45, 7) is 4.23. The first kappa shape index (κ1) is 19.3. The van der Waals surface area contributed by atoms with Crippen molar-refractivity contribution >= 4 is 17.9 Å². The fraction of sp³-hybridized carbons (Fsp3) is 0.381. The quantitative estimate of drug-likeness (QED) is 0.645. The predicted molar refractivity (Wildman–Crippen MR) is 109 cm³/mol. The van der Waals surface area contributed by atoms with Crippen molar-refractivity contribution in [3.05, 3.63) is 41.8 Å². The van der Waals surface area contributed by atoms with Gasteiger partial charge in [-0.15, -0.1) is 10.2 Å². The highest BCUT2D eigenvalue weighted by molar-refractivity contribution is 5.82. The summed E-state index contributed by atoms with van der Waals surface area (Å²) in [5.41, 5.74) is 1.89. The number of carbonyl (C=O) groups is 1. The molecule has 1 N–H and O–H groups in total. The molecule has 8 heteroatoms. The highest BCUT2D eigenvalue weighted by Gasteiger charge is 2.22. The van der Waals surface area contributed by atoms with Crippen molar-refractivity contribution in [3.8, 4) is 17.0 Å². The van der Waals surface area contributed by atoms with Crippen molar-refractivity contribution in [2.24, 2.45) is 0 Å². The number of likely N-dealkylation sites (tertiary alicyclic amines) is 1. The van der Waals surface area contributed by atoms with Crippen LogP contribution in [0.15, 0.2) is 30.5 Å². The van der Waals surface area contributed by atoms with Gasteiger partial charge in [-0.2, -0.15) is 0 Å². The number of fused-ring (bicyclic) bond motifs is 1. The van der Waals surface area contributed by atoms with Gasteiger partial charge in [0, 0.05) is 18.8 Å². The maximum Gasteiger partial charge on any atom is 0.298 e. The minimum Gasteiger partial charge on any atom is -0.428 e. The summed E-state index contributed by atoms with van der Waals surface area (Å²) in [6.07, 6.45) is 4.66. The van der Waals surface area contributed by atoms with Crippen LogP contribution in [0.4, 0.5) is 10.3 Å². The molecule has 1 aliphatic rings. The predicted octanol–water partition coefficient (Wildman–Crippen LogP) is 3.14. The van der Waals surface area contributed by atoms with Gasteiger partial charge < -0.3 is 15.0 Å². The zero-order chi connectivity index (χ0) is 20.4. The molecule has 4 rings (SSSR count). The van der Waals surface area contributed by atoms with Crippen LogP contribution in [-0.4, -0.2) is 52.1 Å². The molecule has 2 aromatic heterocycles. The summed E-state index contributed by atoms with van der Waals surface area (Å²) < 4.78 is 21.9. The summed E-state index contributed by atoms with van der Waals surface area (Å²) in [5.74, 6) is 0.259. The summed E-state index contributed by atoms with van der Waals surface area (Å²) in [5, 5.41) is 12.1. The third-order valence-electron chi connectivity index (χ3n) is 5.36. The van der Waals surface area contributed by atoms with Crippen LogP contribution in [0.1, 0.15) is 25.3 Å². The lowest BCUT2D eigenvalue weighted by Crippen LogP contribution is -2.40. The van der Waals surface area contributed by atoms with Crippen molar-refractivity contribution in [1.82, 2.24) is 19.5 Å². The molecule has 152 valence electrons. The minimum absolute atomic E-state index is 0.134. The highest BCUT2D eigenvalue weighted by Crippen LogP contribution is 2.35. The average Bonchev–Trinajstić information content (AvgIpc) is 3.19. The van der Waals surface area contributed by atoms with E-state index in [1.54, 1.807) is 6.07 Å². The Labute approximate surface area is 168 Å². The van der Waals surface area contributed by atoms with Gasteiger partial charge >= 0.3 is 0 Å². The lowest BCUT2D eigenvalue weighted by atomic mass is 10.0. The summed E-state index contributed by atoms with van der Waals surface area (Å²) in [4.78, 5) is 13.3. The number of piperidine rings is 1. The average molecular weight is 397 g/mol. The Hall–Kier alpha value is -3.00. The topological polar surface area (TPSA) is 71.8 Å². The smallest absolute Gasteiger partial charge is 0.298 e. The van der Waals surface area contributed by atoms with Gasteiger partial charge in [0.25, 0.3) is 6.47 Å². The number of nitrogens with one attached hydrogen (secondary N) is 1. The molecule has 29 heavy (non-hydrogen) atoms. The zero-order valence-electron chi connectivity index (χ0n) is 16.6. The maximum atomic E-state index is 15.0. The number of aromatic nitrogens is 3. The van der Waals surface area contributed by atoms with Crippen LogP contribution in [-0.2, 0) is 11.2 Å². The van der Waals surface area contributed by atoms with Crippen molar-refractivity contribution < 1.29 is 13.9 Å². The van der Waals surface area contributed by atoms with E-state index < -0.39 is 5.82 Å². The summed E-state index contributed by atoms with van der Waals surface area (Å²) >= 11 is 0. The summed E-state index contributed by atoms with van der Waals surface area (Å²) in [6, 6.07) is 7.09. The Bertz CT molecular complexity index is 1040. The molecular weight excluding hydrogens is 373 g/mol. The molecule has 0 saturated carbocycles. The van der Waals surface area contributed by atoms with Crippen LogP contribution in [0.2, 0.25) is 0 Å². The third kappa shape index (κ3) is 3.80. The molecule has 0 unspecified atom stereocenters. The van der Waals surface area contributed by atoms with Crippen LogP contribution >= 0.6 is 0 Å². The van der Waals surface area contributed by atoms with E-state index in [1.807, 2.05) is 29.7 Å². The Morgan fingerprint density at radius 2 is 2.24 bits per heavy atom. The molecule has 1 atom stereocenters. The number of aryl methyl sites for hydroxylation is 1. The van der Waals surface area contributed by atoms with E-state index >= 15 is 0 Å². The Balaban J connectivity index is 1.77. The lowest BCUT2D eigenvalue weighted by Gasteiger charge is -2.30. The number of benzene rings is 1. The number of halogens is 1. The Morgan fingerprint density at radius 1 is 1.38 bits per heavy atom. The first-order valence-corrected chi connectivity index (χ1v) is 9.82. The van der Waals surface area contributed by atoms with Gasteiger partial charge in [-0.3, -0.25) is 9.20 Å². The molecule has 1 aromatic carbocycles. The van der Waals surface area contributed by atoms with Crippen molar-refractivity contribution in [2.45, 2.75) is 32.2 Å². The van der Waals surface area contributed by atoms with Crippen molar-refractivity contribution in [3.63, 3.8) is 0 Å². The molecule has 0 radical (unpaired) electrons. The van der Waals surface area contributed by atoms with Gasteiger partial charge in [0.1, 0.15) is 17.3 Å². The van der Waals surface area contributed by atoms with Crippen LogP contribution in [0, 0.1) is 5.82 Å². The van der Waals surface area contributed by atoms with E-state index in [2.05, 4.69) is 27.5 Å². The number of likely N-dealkylation sites (N-methyl/N-ethyl adjacent to an activating group) is 1. The molecule has 0 amide bonds. The van der Waals surface area contributed by atoms with Crippen LogP contribution in [0.25, 0.3) is 16.8 Å². The van der Waals surface area contributed by atoms with Gasteiger partial charge in [-0.05, 0) is 62.7 Å². The van der Waals surface area contributed by atoms with Gasteiger partial charge in [0.05, 0.1) is 11.1 Å². The van der Waals surface area contributed by atoms with E-state index in [0.717, 1.165) is 31.5 Å². The number of anilines is 1. The fourth-order valence-corrected chi connectivity index (χ4v) is 3.91. The highest BCUT2D eigenvalue weighted by atomic mass is 19.1. The largest absolute Gasteiger partial charge is 0.428 e. The monoisotopic (exact) mass is 397 g/mol. The Kier molecular flexibility index (Phi) is 5.44. The second-order valence-corrected chi connectivity index (χ2v) is 7.40. The molecule has 0 spiro atoms. The molecule has 3 heterocycles. The van der Waals surface area contributed by atoms with Crippen LogP contribution < -0.4 is 10.1 Å². The van der Waals surface area contributed by atoms with Crippen LogP contribution in [0.3, 0.4) is 0 Å². The first-order valence-electron chi connectivity index (χ1n) is 9.82. The lowest BCUT2D eigenvalue weighted by molar-refractivity contribution is -0.120. The molecule has 0 bridgehead atoms. The fourth-order valence-electron chi connectivity index (χ4n) is 3.91. The minimum atomic E-state index is -0.492. The molecular formula is C21H24FN5O2. The second-order valence-electron chi connectivity index (χ2n) is 7.40. The SMILES string of the molecule is CCc1cc(F)c(-c2nnc(N[C@@H]3CCCN(C)C3)n3cccc23)c(OC=O)c1. The van der Waals surface area contributed by atoms with E-state index in [-0.39, 0.29) is 17.4 Å². The van der Waals surface area contributed by atoms with Gasteiger partial charge in [0.2, 0.25) is 5.95 Å².